The highest BCUT2D eigenvalue weighted by Crippen LogP contribution is 2.27. The van der Waals surface area contributed by atoms with Crippen molar-refractivity contribution in [2.24, 2.45) is 0 Å². The van der Waals surface area contributed by atoms with Gasteiger partial charge in [0.15, 0.2) is 0 Å². The molecule has 234 valence electrons. The van der Waals surface area contributed by atoms with E-state index >= 15 is 0 Å². The minimum absolute atomic E-state index is 0.0664. The third kappa shape index (κ3) is 13.2. The Labute approximate surface area is 244 Å². The molecule has 0 radical (unpaired) electrons. The van der Waals surface area contributed by atoms with Crippen LogP contribution in [0.25, 0.3) is 0 Å². The van der Waals surface area contributed by atoms with Crippen molar-refractivity contribution >= 4 is 12.0 Å². The van der Waals surface area contributed by atoms with Crippen LogP contribution < -0.4 is 16.0 Å². The van der Waals surface area contributed by atoms with Crippen LogP contribution in [0.2, 0.25) is 0 Å². The third-order valence-corrected chi connectivity index (χ3v) is 6.29. The topological polar surface area (TPSA) is 140 Å². The molecule has 0 aliphatic heterocycles. The summed E-state index contributed by atoms with van der Waals surface area (Å²) >= 11 is 0. The van der Waals surface area contributed by atoms with E-state index in [1.807, 2.05) is 30.3 Å². The van der Waals surface area contributed by atoms with Crippen molar-refractivity contribution in [3.8, 4) is 0 Å². The van der Waals surface area contributed by atoms with Gasteiger partial charge in [0.25, 0.3) is 5.91 Å². The Kier molecular flexibility index (Phi) is 12.8. The maximum atomic E-state index is 12.9. The molecular formula is C30H42F3N3O6. The molecule has 0 aliphatic carbocycles. The normalized spacial score (nSPS) is 16.4. The fourth-order valence-electron chi connectivity index (χ4n) is 4.22. The molecule has 2 aromatic rings. The second-order valence-electron chi connectivity index (χ2n) is 11.6. The van der Waals surface area contributed by atoms with Gasteiger partial charge < -0.3 is 36.0 Å². The number of rotatable bonds is 14. The molecule has 1 unspecified atom stereocenters. The van der Waals surface area contributed by atoms with Crippen molar-refractivity contribution in [1.29, 1.82) is 0 Å². The van der Waals surface area contributed by atoms with E-state index in [1.165, 1.54) is 0 Å². The molecule has 0 fully saturated rings. The van der Waals surface area contributed by atoms with Crippen LogP contribution in [0.5, 0.6) is 0 Å². The second-order valence-corrected chi connectivity index (χ2v) is 11.6. The lowest BCUT2D eigenvalue weighted by atomic mass is 9.97. The van der Waals surface area contributed by atoms with E-state index in [0.29, 0.717) is 5.56 Å². The Balaban J connectivity index is 2.09. The molecule has 42 heavy (non-hydrogen) atoms. The lowest BCUT2D eigenvalue weighted by Crippen LogP contribution is -2.56. The summed E-state index contributed by atoms with van der Waals surface area (Å²) in [6, 6.07) is 16.1. The maximum absolute atomic E-state index is 12.9. The lowest BCUT2D eigenvalue weighted by molar-refractivity contribution is -0.181. The predicted molar refractivity (Wildman–Crippen MR) is 152 cm³/mol. The van der Waals surface area contributed by atoms with Crippen LogP contribution in [0, 0.1) is 0 Å². The molecule has 5 atom stereocenters. The van der Waals surface area contributed by atoms with E-state index in [9.17, 15) is 38.1 Å². The fourth-order valence-corrected chi connectivity index (χ4v) is 4.22. The van der Waals surface area contributed by atoms with Gasteiger partial charge in [0, 0.05) is 13.1 Å². The number of benzene rings is 2. The van der Waals surface area contributed by atoms with Gasteiger partial charge >= 0.3 is 12.3 Å². The van der Waals surface area contributed by atoms with Crippen molar-refractivity contribution in [2.75, 3.05) is 13.1 Å². The number of carbonyl (C=O) groups excluding carboxylic acids is 2. The van der Waals surface area contributed by atoms with Crippen LogP contribution in [0.4, 0.5) is 18.0 Å². The molecule has 0 aromatic heterocycles. The van der Waals surface area contributed by atoms with Gasteiger partial charge in [-0.15, -0.1) is 0 Å². The van der Waals surface area contributed by atoms with Gasteiger partial charge in [-0.2, -0.15) is 13.2 Å². The number of hydrogen-bond acceptors (Lipinski definition) is 7. The van der Waals surface area contributed by atoms with Crippen molar-refractivity contribution in [2.45, 2.75) is 88.6 Å². The zero-order valence-corrected chi connectivity index (χ0v) is 24.3. The molecule has 0 saturated carbocycles. The molecule has 0 spiro atoms. The van der Waals surface area contributed by atoms with E-state index in [1.54, 1.807) is 51.1 Å². The number of nitrogens with one attached hydrogen (secondary N) is 3. The van der Waals surface area contributed by atoms with E-state index in [2.05, 4.69) is 16.0 Å². The quantitative estimate of drug-likeness (QED) is 0.197. The van der Waals surface area contributed by atoms with E-state index in [0.717, 1.165) is 12.5 Å². The highest BCUT2D eigenvalue weighted by Gasteiger charge is 2.44. The number of alkyl halides is 3. The summed E-state index contributed by atoms with van der Waals surface area (Å²) in [4.78, 5) is 25.1. The van der Waals surface area contributed by atoms with Gasteiger partial charge in [-0.05, 0) is 51.7 Å². The summed E-state index contributed by atoms with van der Waals surface area (Å²) in [5.41, 5.74) is -1.94. The molecule has 0 heterocycles. The third-order valence-electron chi connectivity index (χ3n) is 6.29. The van der Waals surface area contributed by atoms with Crippen molar-refractivity contribution in [3.63, 3.8) is 0 Å². The molecule has 0 saturated heterocycles. The standard InChI is InChI=1S/C30H42F3N3O6/c1-28(2,3)42-27(40)36-23(16-21-13-9-6-10-14-21)25(38)18-34-17-24(37)22(15-20-11-7-5-8-12-20)35-26(39)29(4,41)19-30(31,32)33/h5-14,22-25,34,37-38,41H,15-19H2,1-4H3,(H,35,39)(H,36,40)/t22-,23-,24+,25+,29?/m0/s1. The summed E-state index contributed by atoms with van der Waals surface area (Å²) in [6.45, 7) is 5.66. The Bertz CT molecular complexity index is 1110. The SMILES string of the molecule is CC(C)(C)OC(=O)N[C@@H](Cc1ccccc1)[C@H](O)CNC[C@@H](O)[C@H](Cc1ccccc1)NC(=O)C(C)(O)CC(F)(F)F. The molecule has 12 heteroatoms. The Morgan fingerprint density at radius 2 is 1.21 bits per heavy atom. The first kappa shape index (κ1) is 35.0. The van der Waals surface area contributed by atoms with Crippen LogP contribution >= 0.6 is 0 Å². The summed E-state index contributed by atoms with van der Waals surface area (Å²) in [6.07, 6.45) is -9.33. The van der Waals surface area contributed by atoms with Crippen LogP contribution in [0.3, 0.4) is 0 Å². The highest BCUT2D eigenvalue weighted by atomic mass is 19.4. The number of alkyl carbamates (subject to hydrolysis) is 1. The average molecular weight is 598 g/mol. The van der Waals surface area contributed by atoms with Gasteiger partial charge in [0.2, 0.25) is 0 Å². The number of halogens is 3. The monoisotopic (exact) mass is 597 g/mol. The van der Waals surface area contributed by atoms with E-state index < -0.39 is 60.1 Å². The van der Waals surface area contributed by atoms with Gasteiger partial charge in [0.1, 0.15) is 11.2 Å². The molecule has 2 rings (SSSR count). The largest absolute Gasteiger partial charge is 0.444 e. The predicted octanol–water partition coefficient (Wildman–Crippen LogP) is 2.86. The molecule has 9 nitrogen and oxygen atoms in total. The summed E-state index contributed by atoms with van der Waals surface area (Å²) < 4.78 is 44.0. The number of aliphatic hydroxyl groups is 3. The van der Waals surface area contributed by atoms with Gasteiger partial charge in [-0.25, -0.2) is 4.79 Å². The Hall–Kier alpha value is -3.19. The number of hydrogen-bond donors (Lipinski definition) is 6. The Morgan fingerprint density at radius 3 is 1.62 bits per heavy atom. The summed E-state index contributed by atoms with van der Waals surface area (Å²) in [7, 11) is 0. The molecular weight excluding hydrogens is 555 g/mol. The number of carbonyl (C=O) groups is 2. The maximum Gasteiger partial charge on any atom is 0.407 e. The smallest absolute Gasteiger partial charge is 0.407 e. The summed E-state index contributed by atoms with van der Waals surface area (Å²) in [5.74, 6) is -1.27. The first-order chi connectivity index (χ1) is 19.4. The van der Waals surface area contributed by atoms with Crippen molar-refractivity contribution < 1.29 is 42.8 Å². The number of amides is 2. The minimum atomic E-state index is -4.78. The zero-order chi connectivity index (χ0) is 31.6. The van der Waals surface area contributed by atoms with Gasteiger partial charge in [-0.3, -0.25) is 4.79 Å². The van der Waals surface area contributed by atoms with E-state index in [-0.39, 0.29) is 25.9 Å². The van der Waals surface area contributed by atoms with E-state index in [4.69, 9.17) is 4.74 Å². The number of ether oxygens (including phenoxy) is 1. The average Bonchev–Trinajstić information content (AvgIpc) is 2.86. The van der Waals surface area contributed by atoms with Crippen LogP contribution in [-0.4, -0.2) is 82.1 Å². The first-order valence-electron chi connectivity index (χ1n) is 13.7. The molecule has 2 amide bonds. The first-order valence-corrected chi connectivity index (χ1v) is 13.7. The lowest BCUT2D eigenvalue weighted by Gasteiger charge is -2.30. The minimum Gasteiger partial charge on any atom is -0.444 e. The molecule has 0 aliphatic rings. The highest BCUT2D eigenvalue weighted by molar-refractivity contribution is 5.84. The summed E-state index contributed by atoms with van der Waals surface area (Å²) in [5, 5.41) is 40.0. The van der Waals surface area contributed by atoms with Gasteiger partial charge in [-0.1, -0.05) is 60.7 Å². The number of aliphatic hydroxyl groups excluding tert-OH is 2. The van der Waals surface area contributed by atoms with Gasteiger partial charge in [0.05, 0.1) is 30.7 Å². The molecule has 2 aromatic carbocycles. The van der Waals surface area contributed by atoms with Crippen molar-refractivity contribution in [3.05, 3.63) is 71.8 Å². The fraction of sp³-hybridized carbons (Fsp3) is 0.533. The molecule has 6 N–H and O–H groups in total. The molecule has 0 bridgehead atoms. The van der Waals surface area contributed by atoms with Crippen LogP contribution in [0.1, 0.15) is 45.2 Å². The second kappa shape index (κ2) is 15.3. The Morgan fingerprint density at radius 1 is 0.786 bits per heavy atom. The zero-order valence-electron chi connectivity index (χ0n) is 24.3. The van der Waals surface area contributed by atoms with Crippen LogP contribution in [-0.2, 0) is 22.4 Å². The van der Waals surface area contributed by atoms with Crippen molar-refractivity contribution in [1.82, 2.24) is 16.0 Å². The van der Waals surface area contributed by atoms with Crippen LogP contribution in [0.15, 0.2) is 60.7 Å².